The van der Waals surface area contributed by atoms with E-state index in [1.54, 1.807) is 13.3 Å². The van der Waals surface area contributed by atoms with Crippen LogP contribution in [0.1, 0.15) is 32.3 Å². The molecule has 8 heteroatoms. The molecular formula is C18H33IN4O3. The third kappa shape index (κ3) is 12.3. The Labute approximate surface area is 174 Å². The molecular weight excluding hydrogens is 447 g/mol. The molecule has 0 saturated carbocycles. The Balaban J connectivity index is 0.00000625. The Morgan fingerprint density at radius 1 is 1.08 bits per heavy atom. The van der Waals surface area contributed by atoms with Crippen LogP contribution in [0.5, 0.6) is 5.88 Å². The summed E-state index contributed by atoms with van der Waals surface area (Å²) in [5.41, 5.74) is 1.03. The van der Waals surface area contributed by atoms with Gasteiger partial charge in [0.05, 0.1) is 33.5 Å². The first-order valence-electron chi connectivity index (χ1n) is 8.96. The molecule has 26 heavy (non-hydrogen) atoms. The molecule has 0 aliphatic heterocycles. The van der Waals surface area contributed by atoms with Crippen LogP contribution in [0.3, 0.4) is 0 Å². The highest BCUT2D eigenvalue weighted by molar-refractivity contribution is 14.0. The van der Waals surface area contributed by atoms with Gasteiger partial charge in [-0.1, -0.05) is 19.4 Å². The van der Waals surface area contributed by atoms with Crippen LogP contribution in [0.15, 0.2) is 23.3 Å². The van der Waals surface area contributed by atoms with Crippen LogP contribution in [0.2, 0.25) is 0 Å². The van der Waals surface area contributed by atoms with Gasteiger partial charge in [0.25, 0.3) is 0 Å². The third-order valence-corrected chi connectivity index (χ3v) is 3.32. The quantitative estimate of drug-likeness (QED) is 0.196. The highest BCUT2D eigenvalue weighted by Gasteiger charge is 1.99. The summed E-state index contributed by atoms with van der Waals surface area (Å²) in [6.45, 7) is 8.95. The summed E-state index contributed by atoms with van der Waals surface area (Å²) in [5, 5.41) is 6.47. The zero-order valence-electron chi connectivity index (χ0n) is 16.1. The molecule has 0 radical (unpaired) electrons. The SMILES string of the molecule is CCCCOCCOCCNC(=NCc1ccc(OC)nc1)NCC.I. The summed E-state index contributed by atoms with van der Waals surface area (Å²) in [5.74, 6) is 1.37. The lowest BCUT2D eigenvalue weighted by Crippen LogP contribution is -2.39. The monoisotopic (exact) mass is 480 g/mol. The second-order valence-corrected chi connectivity index (χ2v) is 5.41. The predicted octanol–water partition coefficient (Wildman–Crippen LogP) is 2.60. The van der Waals surface area contributed by atoms with Crippen LogP contribution in [0.25, 0.3) is 0 Å². The second-order valence-electron chi connectivity index (χ2n) is 5.41. The van der Waals surface area contributed by atoms with Crippen molar-refractivity contribution in [3.05, 3.63) is 23.9 Å². The van der Waals surface area contributed by atoms with Crippen LogP contribution >= 0.6 is 24.0 Å². The van der Waals surface area contributed by atoms with E-state index in [1.807, 2.05) is 19.1 Å². The molecule has 1 rings (SSSR count). The van der Waals surface area contributed by atoms with Crippen LogP contribution in [-0.2, 0) is 16.0 Å². The maximum absolute atomic E-state index is 5.54. The summed E-state index contributed by atoms with van der Waals surface area (Å²) in [6, 6.07) is 3.79. The van der Waals surface area contributed by atoms with Gasteiger partial charge in [0, 0.05) is 32.0 Å². The van der Waals surface area contributed by atoms with E-state index in [2.05, 4.69) is 27.5 Å². The van der Waals surface area contributed by atoms with Gasteiger partial charge in [0.1, 0.15) is 0 Å². The van der Waals surface area contributed by atoms with Crippen molar-refractivity contribution in [2.24, 2.45) is 4.99 Å². The number of methoxy groups -OCH3 is 1. The van der Waals surface area contributed by atoms with Crippen molar-refractivity contribution in [3.8, 4) is 5.88 Å². The van der Waals surface area contributed by atoms with Crippen molar-refractivity contribution < 1.29 is 14.2 Å². The molecule has 7 nitrogen and oxygen atoms in total. The normalized spacial score (nSPS) is 11.0. The highest BCUT2D eigenvalue weighted by Crippen LogP contribution is 2.07. The van der Waals surface area contributed by atoms with Crippen molar-refractivity contribution in [3.63, 3.8) is 0 Å². The van der Waals surface area contributed by atoms with E-state index < -0.39 is 0 Å². The number of nitrogens with one attached hydrogen (secondary N) is 2. The number of hydrogen-bond donors (Lipinski definition) is 2. The fourth-order valence-corrected chi connectivity index (χ4v) is 1.95. The standard InChI is InChI=1S/C18H32N4O3.HI/c1-4-6-10-24-12-13-25-11-9-20-18(19-5-2)22-15-16-7-8-17(23-3)21-14-16;/h7-8,14H,4-6,9-13,15H2,1-3H3,(H2,19,20,22);1H. The van der Waals surface area contributed by atoms with Crippen LogP contribution in [0.4, 0.5) is 0 Å². The summed E-state index contributed by atoms with van der Waals surface area (Å²) < 4.78 is 16.0. The van der Waals surface area contributed by atoms with Crippen LogP contribution < -0.4 is 15.4 Å². The number of nitrogens with zero attached hydrogens (tertiary/aromatic N) is 2. The Bertz CT molecular complexity index is 472. The molecule has 0 aliphatic carbocycles. The van der Waals surface area contributed by atoms with Crippen LogP contribution in [-0.4, -0.2) is 57.6 Å². The van der Waals surface area contributed by atoms with E-state index in [0.29, 0.717) is 38.8 Å². The third-order valence-electron chi connectivity index (χ3n) is 3.32. The van der Waals surface area contributed by atoms with Crippen LogP contribution in [0, 0.1) is 0 Å². The molecule has 0 amide bonds. The molecule has 0 bridgehead atoms. The first-order valence-corrected chi connectivity index (χ1v) is 8.96. The van der Waals surface area contributed by atoms with Gasteiger partial charge in [0.15, 0.2) is 5.96 Å². The number of unbranched alkanes of at least 4 members (excludes halogenated alkanes) is 1. The molecule has 0 fully saturated rings. The first-order chi connectivity index (χ1) is 12.3. The second kappa shape index (κ2) is 17.3. The Morgan fingerprint density at radius 2 is 1.85 bits per heavy atom. The zero-order chi connectivity index (χ0) is 18.2. The van der Waals surface area contributed by atoms with Gasteiger partial charge in [-0.3, -0.25) is 0 Å². The Hall–Kier alpha value is -1.13. The van der Waals surface area contributed by atoms with Crippen molar-refractivity contribution in [2.75, 3.05) is 46.6 Å². The minimum atomic E-state index is 0. The average Bonchev–Trinajstić information content (AvgIpc) is 2.65. The fourth-order valence-electron chi connectivity index (χ4n) is 1.95. The number of hydrogen-bond acceptors (Lipinski definition) is 5. The molecule has 0 atom stereocenters. The number of halogens is 1. The maximum atomic E-state index is 5.54. The average molecular weight is 480 g/mol. The summed E-state index contributed by atoms with van der Waals surface area (Å²) in [7, 11) is 1.60. The maximum Gasteiger partial charge on any atom is 0.212 e. The molecule has 0 aliphatic rings. The lowest BCUT2D eigenvalue weighted by molar-refractivity contribution is 0.0487. The van der Waals surface area contributed by atoms with Gasteiger partial charge in [-0.05, 0) is 18.9 Å². The van der Waals surface area contributed by atoms with Gasteiger partial charge < -0.3 is 24.8 Å². The van der Waals surface area contributed by atoms with Gasteiger partial charge in [-0.15, -0.1) is 24.0 Å². The van der Waals surface area contributed by atoms with E-state index in [1.165, 1.54) is 0 Å². The number of pyridine rings is 1. The molecule has 1 aromatic heterocycles. The number of aromatic nitrogens is 1. The van der Waals surface area contributed by atoms with Gasteiger partial charge in [0.2, 0.25) is 5.88 Å². The number of rotatable bonds is 13. The van der Waals surface area contributed by atoms with E-state index >= 15 is 0 Å². The smallest absolute Gasteiger partial charge is 0.212 e. The summed E-state index contributed by atoms with van der Waals surface area (Å²) in [6.07, 6.45) is 4.03. The van der Waals surface area contributed by atoms with Crippen molar-refractivity contribution in [1.29, 1.82) is 0 Å². The summed E-state index contributed by atoms with van der Waals surface area (Å²) >= 11 is 0. The molecule has 1 aromatic rings. The largest absolute Gasteiger partial charge is 0.481 e. The molecule has 0 unspecified atom stereocenters. The Morgan fingerprint density at radius 3 is 2.46 bits per heavy atom. The number of aliphatic imine (C=N–C) groups is 1. The van der Waals surface area contributed by atoms with E-state index in [9.17, 15) is 0 Å². The predicted molar refractivity (Wildman–Crippen MR) is 116 cm³/mol. The first kappa shape index (κ1) is 24.9. The van der Waals surface area contributed by atoms with Gasteiger partial charge in [-0.25, -0.2) is 9.98 Å². The Kier molecular flexibility index (Phi) is 16.5. The van der Waals surface area contributed by atoms with Crippen molar-refractivity contribution in [2.45, 2.75) is 33.2 Å². The van der Waals surface area contributed by atoms with Crippen molar-refractivity contribution in [1.82, 2.24) is 15.6 Å². The van der Waals surface area contributed by atoms with E-state index in [0.717, 1.165) is 37.5 Å². The minimum absolute atomic E-state index is 0. The molecule has 0 saturated heterocycles. The molecule has 1 heterocycles. The zero-order valence-corrected chi connectivity index (χ0v) is 18.5. The molecule has 150 valence electrons. The van der Waals surface area contributed by atoms with E-state index in [4.69, 9.17) is 14.2 Å². The number of ether oxygens (including phenoxy) is 3. The lowest BCUT2D eigenvalue weighted by atomic mass is 10.3. The highest BCUT2D eigenvalue weighted by atomic mass is 127. The molecule has 0 spiro atoms. The lowest BCUT2D eigenvalue weighted by Gasteiger charge is -2.11. The van der Waals surface area contributed by atoms with Crippen molar-refractivity contribution >= 4 is 29.9 Å². The van der Waals surface area contributed by atoms with Gasteiger partial charge in [-0.2, -0.15) is 0 Å². The fraction of sp³-hybridized carbons (Fsp3) is 0.667. The van der Waals surface area contributed by atoms with Gasteiger partial charge >= 0.3 is 0 Å². The molecule has 2 N–H and O–H groups in total. The topological polar surface area (TPSA) is 77.0 Å². The summed E-state index contributed by atoms with van der Waals surface area (Å²) in [4.78, 5) is 8.72. The number of guanidine groups is 1. The van der Waals surface area contributed by atoms with E-state index in [-0.39, 0.29) is 24.0 Å². The molecule has 0 aromatic carbocycles. The minimum Gasteiger partial charge on any atom is -0.481 e.